The molecule has 0 fully saturated rings. The maximum absolute atomic E-state index is 8.66. The van der Waals surface area contributed by atoms with Crippen molar-refractivity contribution >= 4 is 0 Å². The molecule has 0 radical (unpaired) electrons. The van der Waals surface area contributed by atoms with E-state index in [2.05, 4.69) is 20.1 Å². The van der Waals surface area contributed by atoms with Crippen LogP contribution in [0.4, 0.5) is 0 Å². The van der Waals surface area contributed by atoms with Crippen molar-refractivity contribution in [2.24, 2.45) is 5.92 Å². The van der Waals surface area contributed by atoms with Crippen LogP contribution in [0.25, 0.3) is 0 Å². The molecule has 1 atom stereocenters. The first kappa shape index (κ1) is 10.2. The largest absolute Gasteiger partial charge is 0.396 e. The number of hydrogen-bond acceptors (Lipinski definition) is 1. The summed E-state index contributed by atoms with van der Waals surface area (Å²) in [6.45, 7) is 9.58. The van der Waals surface area contributed by atoms with E-state index in [1.165, 1.54) is 0 Å². The van der Waals surface area contributed by atoms with Crippen LogP contribution in [0.2, 0.25) is 0 Å². The number of aliphatic hydroxyl groups is 1. The van der Waals surface area contributed by atoms with Gasteiger partial charge in [-0.3, -0.25) is 0 Å². The van der Waals surface area contributed by atoms with Gasteiger partial charge in [0, 0.05) is 6.61 Å². The summed E-state index contributed by atoms with van der Waals surface area (Å²) in [5, 5.41) is 8.66. The van der Waals surface area contributed by atoms with Gasteiger partial charge in [-0.15, -0.1) is 0 Å². The van der Waals surface area contributed by atoms with Gasteiger partial charge in [0.1, 0.15) is 0 Å². The Morgan fingerprint density at radius 3 is 2.55 bits per heavy atom. The highest BCUT2D eigenvalue weighted by Gasteiger charge is 2.02. The van der Waals surface area contributed by atoms with E-state index in [0.717, 1.165) is 12.0 Å². The number of allylic oxidation sites excluding steroid dienone is 4. The first-order chi connectivity index (χ1) is 5.26. The molecule has 1 N–H and O–H groups in total. The standard InChI is InChI=1S/C10H16O/c1-4-6-10(5-2)9(3)7-8-11/h4-6,9,11H,1-2,7-8H2,3H3/b10-6+. The monoisotopic (exact) mass is 152 g/mol. The first-order valence-corrected chi connectivity index (χ1v) is 3.82. The Morgan fingerprint density at radius 1 is 1.55 bits per heavy atom. The minimum Gasteiger partial charge on any atom is -0.396 e. The third-order valence-electron chi connectivity index (χ3n) is 1.68. The molecule has 0 aromatic heterocycles. The zero-order chi connectivity index (χ0) is 8.69. The van der Waals surface area contributed by atoms with Gasteiger partial charge < -0.3 is 5.11 Å². The van der Waals surface area contributed by atoms with Crippen molar-refractivity contribution < 1.29 is 5.11 Å². The molecule has 1 nitrogen and oxygen atoms in total. The summed E-state index contributed by atoms with van der Waals surface area (Å²) in [5.74, 6) is 0.371. The molecule has 11 heavy (non-hydrogen) atoms. The van der Waals surface area contributed by atoms with E-state index < -0.39 is 0 Å². The molecule has 0 saturated heterocycles. The zero-order valence-corrected chi connectivity index (χ0v) is 7.09. The lowest BCUT2D eigenvalue weighted by atomic mass is 9.98. The Hall–Kier alpha value is -0.820. The summed E-state index contributed by atoms with van der Waals surface area (Å²) < 4.78 is 0. The van der Waals surface area contributed by atoms with Crippen molar-refractivity contribution in [1.29, 1.82) is 0 Å². The van der Waals surface area contributed by atoms with E-state index in [4.69, 9.17) is 5.11 Å². The predicted octanol–water partition coefficient (Wildman–Crippen LogP) is 2.30. The Balaban J connectivity index is 4.12. The molecule has 0 aromatic rings. The van der Waals surface area contributed by atoms with Crippen molar-refractivity contribution in [3.8, 4) is 0 Å². The Labute approximate surface area is 68.7 Å². The molecule has 0 aliphatic carbocycles. The van der Waals surface area contributed by atoms with Gasteiger partial charge >= 0.3 is 0 Å². The van der Waals surface area contributed by atoms with E-state index in [1.54, 1.807) is 6.08 Å². The smallest absolute Gasteiger partial charge is 0.0436 e. The van der Waals surface area contributed by atoms with Gasteiger partial charge in [0.15, 0.2) is 0 Å². The lowest BCUT2D eigenvalue weighted by molar-refractivity contribution is 0.272. The summed E-state index contributed by atoms with van der Waals surface area (Å²) in [4.78, 5) is 0. The van der Waals surface area contributed by atoms with E-state index in [9.17, 15) is 0 Å². The van der Waals surface area contributed by atoms with Crippen LogP contribution in [-0.2, 0) is 0 Å². The van der Waals surface area contributed by atoms with Crippen LogP contribution in [0.15, 0.2) is 37.0 Å². The fraction of sp³-hybridized carbons (Fsp3) is 0.400. The van der Waals surface area contributed by atoms with Gasteiger partial charge in [0.25, 0.3) is 0 Å². The highest BCUT2D eigenvalue weighted by Crippen LogP contribution is 2.14. The van der Waals surface area contributed by atoms with Gasteiger partial charge in [-0.25, -0.2) is 0 Å². The van der Waals surface area contributed by atoms with Crippen molar-refractivity contribution in [2.45, 2.75) is 13.3 Å². The molecule has 0 bridgehead atoms. The number of aliphatic hydroxyl groups excluding tert-OH is 1. The van der Waals surface area contributed by atoms with Crippen LogP contribution in [0, 0.1) is 5.92 Å². The maximum Gasteiger partial charge on any atom is 0.0436 e. The lowest BCUT2D eigenvalue weighted by Gasteiger charge is -2.09. The van der Waals surface area contributed by atoms with Crippen LogP contribution in [0.1, 0.15) is 13.3 Å². The summed E-state index contributed by atoms with van der Waals surface area (Å²) in [7, 11) is 0. The van der Waals surface area contributed by atoms with Gasteiger partial charge in [0.2, 0.25) is 0 Å². The normalized spacial score (nSPS) is 14.2. The minimum atomic E-state index is 0.226. The fourth-order valence-corrected chi connectivity index (χ4v) is 0.930. The van der Waals surface area contributed by atoms with Gasteiger partial charge in [-0.05, 0) is 17.9 Å². The molecule has 0 amide bonds. The topological polar surface area (TPSA) is 20.2 Å². The third-order valence-corrected chi connectivity index (χ3v) is 1.68. The molecular weight excluding hydrogens is 136 g/mol. The highest BCUT2D eigenvalue weighted by atomic mass is 16.3. The first-order valence-electron chi connectivity index (χ1n) is 3.82. The quantitative estimate of drug-likeness (QED) is 0.599. The van der Waals surface area contributed by atoms with Gasteiger partial charge in [-0.1, -0.05) is 38.3 Å². The van der Waals surface area contributed by atoms with E-state index >= 15 is 0 Å². The van der Waals surface area contributed by atoms with Crippen molar-refractivity contribution in [1.82, 2.24) is 0 Å². The second-order valence-corrected chi connectivity index (χ2v) is 2.52. The predicted molar refractivity (Wildman–Crippen MR) is 49.3 cm³/mol. The molecule has 0 saturated carbocycles. The fourth-order valence-electron chi connectivity index (χ4n) is 0.930. The lowest BCUT2D eigenvalue weighted by Crippen LogP contribution is -1.99. The zero-order valence-electron chi connectivity index (χ0n) is 7.09. The average Bonchev–Trinajstić information content (AvgIpc) is 2.00. The minimum absolute atomic E-state index is 0.226. The molecule has 0 spiro atoms. The molecule has 0 heterocycles. The second kappa shape index (κ2) is 5.93. The van der Waals surface area contributed by atoms with Gasteiger partial charge in [0.05, 0.1) is 0 Å². The van der Waals surface area contributed by atoms with E-state index in [-0.39, 0.29) is 6.61 Å². The molecule has 1 heteroatoms. The number of hydrogen-bond donors (Lipinski definition) is 1. The highest BCUT2D eigenvalue weighted by molar-refractivity contribution is 5.23. The molecule has 0 aliphatic rings. The van der Waals surface area contributed by atoms with Crippen LogP contribution in [0.3, 0.4) is 0 Å². The van der Waals surface area contributed by atoms with Crippen molar-refractivity contribution in [2.75, 3.05) is 6.61 Å². The Morgan fingerprint density at radius 2 is 2.18 bits per heavy atom. The molecule has 0 aromatic carbocycles. The summed E-state index contributed by atoms with van der Waals surface area (Å²) >= 11 is 0. The molecule has 0 rings (SSSR count). The third kappa shape index (κ3) is 3.79. The Kier molecular flexibility index (Phi) is 5.49. The summed E-state index contributed by atoms with van der Waals surface area (Å²) in [6.07, 6.45) is 6.26. The Bertz CT molecular complexity index is 156. The van der Waals surface area contributed by atoms with Crippen LogP contribution in [-0.4, -0.2) is 11.7 Å². The summed E-state index contributed by atoms with van der Waals surface area (Å²) in [6, 6.07) is 0. The average molecular weight is 152 g/mol. The van der Waals surface area contributed by atoms with Gasteiger partial charge in [-0.2, -0.15) is 0 Å². The SMILES string of the molecule is C=C/C=C(\C=C)C(C)CCO. The van der Waals surface area contributed by atoms with Crippen LogP contribution >= 0.6 is 0 Å². The van der Waals surface area contributed by atoms with Crippen molar-refractivity contribution in [3.05, 3.63) is 37.0 Å². The molecule has 62 valence electrons. The van der Waals surface area contributed by atoms with E-state index in [1.807, 2.05) is 12.2 Å². The van der Waals surface area contributed by atoms with Crippen molar-refractivity contribution in [3.63, 3.8) is 0 Å². The van der Waals surface area contributed by atoms with Crippen LogP contribution in [0.5, 0.6) is 0 Å². The second-order valence-electron chi connectivity index (χ2n) is 2.52. The summed E-state index contributed by atoms with van der Waals surface area (Å²) in [5.41, 5.74) is 1.13. The molecule has 1 unspecified atom stereocenters. The molecule has 0 aliphatic heterocycles. The number of rotatable bonds is 5. The van der Waals surface area contributed by atoms with E-state index in [0.29, 0.717) is 5.92 Å². The maximum atomic E-state index is 8.66. The van der Waals surface area contributed by atoms with Crippen LogP contribution < -0.4 is 0 Å². The molecular formula is C10H16O.